The summed E-state index contributed by atoms with van der Waals surface area (Å²) < 4.78 is 21.7. The molecule has 0 radical (unpaired) electrons. The maximum absolute atomic E-state index is 10.7. The first kappa shape index (κ1) is 29.4. The van der Waals surface area contributed by atoms with E-state index in [2.05, 4.69) is 6.92 Å². The fourth-order valence-corrected chi connectivity index (χ4v) is 4.07. The van der Waals surface area contributed by atoms with Gasteiger partial charge in [0.2, 0.25) is 0 Å². The van der Waals surface area contributed by atoms with Crippen LogP contribution in [0, 0.1) is 0 Å². The SMILES string of the molecule is CCCCCCCCCC=CO[C@@H]1[C@@H](O)[C@@H](O[C@H]2O[C@H](CO)[C@@H](O)[C@H](O)[C@H]2O)O[C@H](CO)[C@H]1O. The summed E-state index contributed by atoms with van der Waals surface area (Å²) in [5.41, 5.74) is 0. The van der Waals surface area contributed by atoms with Crippen LogP contribution >= 0.6 is 0 Å². The van der Waals surface area contributed by atoms with Crippen LogP contribution in [-0.4, -0.2) is 110 Å². The zero-order valence-electron chi connectivity index (χ0n) is 19.8. The summed E-state index contributed by atoms with van der Waals surface area (Å²) in [4.78, 5) is 0. The Balaban J connectivity index is 1.89. The smallest absolute Gasteiger partial charge is 0.190 e. The first-order valence-electron chi connectivity index (χ1n) is 12.2. The average Bonchev–Trinajstić information content (AvgIpc) is 2.83. The largest absolute Gasteiger partial charge is 0.493 e. The van der Waals surface area contributed by atoms with Crippen LogP contribution in [-0.2, 0) is 18.9 Å². The van der Waals surface area contributed by atoms with Gasteiger partial charge in [-0.25, -0.2) is 0 Å². The molecule has 2 fully saturated rings. The Morgan fingerprint density at radius 2 is 1.24 bits per heavy atom. The quantitative estimate of drug-likeness (QED) is 0.120. The van der Waals surface area contributed by atoms with Gasteiger partial charge >= 0.3 is 0 Å². The summed E-state index contributed by atoms with van der Waals surface area (Å²) in [5.74, 6) is 0. The number of allylic oxidation sites excluding steroid dienone is 1. The Morgan fingerprint density at radius 1 is 0.676 bits per heavy atom. The average molecular weight is 495 g/mol. The second kappa shape index (κ2) is 15.3. The van der Waals surface area contributed by atoms with Crippen LogP contribution in [0.3, 0.4) is 0 Å². The number of ether oxygens (including phenoxy) is 4. The standard InChI is InChI=1S/C23H42O11/c1-2-3-4-5-6-7-8-9-10-11-31-21-17(27)15(13-25)33-23(20(21)30)34-22-19(29)18(28)16(26)14(12-24)32-22/h10-11,14-30H,2-9,12-13H2,1H3/t14-,15-,16-,17-,18+,19-,20-,21+,22-,23-/m1/s1. The molecule has 0 aliphatic carbocycles. The Kier molecular flexibility index (Phi) is 13.2. The Hall–Kier alpha value is -0.860. The monoisotopic (exact) mass is 494 g/mol. The summed E-state index contributed by atoms with van der Waals surface area (Å²) in [6, 6.07) is 0. The number of aliphatic hydroxyl groups excluding tert-OH is 7. The van der Waals surface area contributed by atoms with Gasteiger partial charge in [0, 0.05) is 0 Å². The van der Waals surface area contributed by atoms with Gasteiger partial charge in [-0.3, -0.25) is 0 Å². The van der Waals surface area contributed by atoms with Crippen LogP contribution in [0.25, 0.3) is 0 Å². The van der Waals surface area contributed by atoms with Crippen LogP contribution in [0.15, 0.2) is 12.3 Å². The summed E-state index contributed by atoms with van der Waals surface area (Å²) >= 11 is 0. The molecule has 2 rings (SSSR count). The van der Waals surface area contributed by atoms with Gasteiger partial charge in [0.15, 0.2) is 18.7 Å². The molecule has 10 atom stereocenters. The summed E-state index contributed by atoms with van der Waals surface area (Å²) in [6.45, 7) is 0.944. The molecular weight excluding hydrogens is 452 g/mol. The van der Waals surface area contributed by atoms with Crippen LogP contribution in [0.1, 0.15) is 58.3 Å². The molecule has 11 heteroatoms. The molecule has 7 N–H and O–H groups in total. The van der Waals surface area contributed by atoms with E-state index in [9.17, 15) is 35.7 Å². The highest BCUT2D eigenvalue weighted by Crippen LogP contribution is 2.29. The van der Waals surface area contributed by atoms with Gasteiger partial charge < -0.3 is 54.7 Å². The Morgan fingerprint density at radius 3 is 1.85 bits per heavy atom. The third kappa shape index (κ3) is 8.09. The molecule has 0 saturated carbocycles. The zero-order chi connectivity index (χ0) is 25.1. The van der Waals surface area contributed by atoms with E-state index >= 15 is 0 Å². The van der Waals surface area contributed by atoms with E-state index in [-0.39, 0.29) is 0 Å². The number of hydrogen-bond donors (Lipinski definition) is 7. The van der Waals surface area contributed by atoms with Gasteiger partial charge in [-0.2, -0.15) is 0 Å². The van der Waals surface area contributed by atoms with Crippen LogP contribution in [0.5, 0.6) is 0 Å². The molecule has 2 aliphatic rings. The van der Waals surface area contributed by atoms with Gasteiger partial charge in [0.05, 0.1) is 19.5 Å². The molecule has 0 unspecified atom stereocenters. The van der Waals surface area contributed by atoms with Gasteiger partial charge in [0.25, 0.3) is 0 Å². The van der Waals surface area contributed by atoms with E-state index < -0.39 is 74.6 Å². The highest BCUT2D eigenvalue weighted by atomic mass is 16.8. The van der Waals surface area contributed by atoms with E-state index in [0.717, 1.165) is 19.3 Å². The first-order valence-corrected chi connectivity index (χ1v) is 12.2. The van der Waals surface area contributed by atoms with Crippen molar-refractivity contribution in [3.05, 3.63) is 12.3 Å². The van der Waals surface area contributed by atoms with Crippen LogP contribution in [0.4, 0.5) is 0 Å². The lowest BCUT2D eigenvalue weighted by Gasteiger charge is -2.45. The van der Waals surface area contributed by atoms with Crippen molar-refractivity contribution in [2.45, 2.75) is 120 Å². The lowest BCUT2D eigenvalue weighted by Crippen LogP contribution is -2.64. The third-order valence-corrected chi connectivity index (χ3v) is 6.24. The molecule has 200 valence electrons. The van der Waals surface area contributed by atoms with Crippen molar-refractivity contribution in [2.24, 2.45) is 0 Å². The zero-order valence-corrected chi connectivity index (χ0v) is 19.8. The minimum atomic E-state index is -1.70. The second-order valence-electron chi connectivity index (χ2n) is 8.92. The van der Waals surface area contributed by atoms with Crippen molar-refractivity contribution < 1.29 is 54.7 Å². The van der Waals surface area contributed by atoms with Gasteiger partial charge in [-0.05, 0) is 18.9 Å². The van der Waals surface area contributed by atoms with Crippen LogP contribution < -0.4 is 0 Å². The van der Waals surface area contributed by atoms with Gasteiger partial charge in [0.1, 0.15) is 42.7 Å². The normalized spacial score (nSPS) is 38.9. The van der Waals surface area contributed by atoms with Crippen LogP contribution in [0.2, 0.25) is 0 Å². The molecule has 0 spiro atoms. The molecule has 0 aromatic heterocycles. The summed E-state index contributed by atoms with van der Waals surface area (Å²) in [5, 5.41) is 69.9. The van der Waals surface area contributed by atoms with Gasteiger partial charge in [-0.15, -0.1) is 0 Å². The maximum atomic E-state index is 10.7. The maximum Gasteiger partial charge on any atom is 0.190 e. The second-order valence-corrected chi connectivity index (χ2v) is 8.92. The molecule has 0 bridgehead atoms. The van der Waals surface area contributed by atoms with Crippen molar-refractivity contribution in [3.8, 4) is 0 Å². The minimum Gasteiger partial charge on any atom is -0.493 e. The molecule has 2 heterocycles. The van der Waals surface area contributed by atoms with Crippen molar-refractivity contribution in [1.82, 2.24) is 0 Å². The van der Waals surface area contributed by atoms with Gasteiger partial charge in [-0.1, -0.05) is 45.4 Å². The fraction of sp³-hybridized carbons (Fsp3) is 0.913. The Bertz CT molecular complexity index is 575. The van der Waals surface area contributed by atoms with Crippen molar-refractivity contribution in [2.75, 3.05) is 13.2 Å². The topological polar surface area (TPSA) is 179 Å². The summed E-state index contributed by atoms with van der Waals surface area (Å²) in [7, 11) is 0. The molecule has 2 saturated heterocycles. The minimum absolute atomic E-state index is 0.593. The molecule has 0 aromatic rings. The predicted octanol–water partition coefficient (Wildman–Crippen LogP) is -0.718. The molecule has 0 aromatic carbocycles. The first-order chi connectivity index (χ1) is 16.3. The molecule has 34 heavy (non-hydrogen) atoms. The predicted molar refractivity (Wildman–Crippen MR) is 119 cm³/mol. The highest BCUT2D eigenvalue weighted by molar-refractivity contribution is 4.94. The van der Waals surface area contributed by atoms with Crippen molar-refractivity contribution in [1.29, 1.82) is 0 Å². The molecule has 11 nitrogen and oxygen atoms in total. The summed E-state index contributed by atoms with van der Waals surface area (Å²) in [6.07, 6.45) is -2.24. The van der Waals surface area contributed by atoms with E-state index in [1.807, 2.05) is 0 Å². The number of aliphatic hydroxyl groups is 7. The lowest BCUT2D eigenvalue weighted by atomic mass is 9.98. The molecule has 0 amide bonds. The lowest BCUT2D eigenvalue weighted by molar-refractivity contribution is -0.376. The number of hydrogen-bond acceptors (Lipinski definition) is 11. The fourth-order valence-electron chi connectivity index (χ4n) is 4.07. The van der Waals surface area contributed by atoms with E-state index in [4.69, 9.17) is 18.9 Å². The van der Waals surface area contributed by atoms with E-state index in [1.165, 1.54) is 38.4 Å². The Labute approximate surface area is 200 Å². The van der Waals surface area contributed by atoms with E-state index in [1.54, 1.807) is 6.08 Å². The third-order valence-electron chi connectivity index (χ3n) is 6.24. The number of unbranched alkanes of at least 4 members (excludes halogenated alkanes) is 7. The molecule has 2 aliphatic heterocycles. The van der Waals surface area contributed by atoms with E-state index in [0.29, 0.717) is 0 Å². The van der Waals surface area contributed by atoms with Crippen molar-refractivity contribution in [3.63, 3.8) is 0 Å². The van der Waals surface area contributed by atoms with Crippen molar-refractivity contribution >= 4 is 0 Å². The molecular formula is C23H42O11. The highest BCUT2D eigenvalue weighted by Gasteiger charge is 2.50. The number of rotatable bonds is 14.